The van der Waals surface area contributed by atoms with Crippen LogP contribution in [-0.4, -0.2) is 49.7 Å². The van der Waals surface area contributed by atoms with Crippen LogP contribution in [0.5, 0.6) is 0 Å². The van der Waals surface area contributed by atoms with Crippen molar-refractivity contribution in [1.82, 2.24) is 15.0 Å². The van der Waals surface area contributed by atoms with Crippen LogP contribution in [0, 0.1) is 0 Å². The van der Waals surface area contributed by atoms with Crippen LogP contribution in [0.15, 0.2) is 0 Å². The van der Waals surface area contributed by atoms with Crippen molar-refractivity contribution < 1.29 is 14.3 Å². The normalized spacial score (nSPS) is 17.9. The highest BCUT2D eigenvalue weighted by molar-refractivity contribution is 7.11. The molecule has 1 saturated heterocycles. The van der Waals surface area contributed by atoms with E-state index in [0.717, 1.165) is 18.0 Å². The number of anilines is 2. The molecule has 1 aromatic rings. The topological polar surface area (TPSA) is 110 Å². The summed E-state index contributed by atoms with van der Waals surface area (Å²) in [5, 5.41) is 6.04. The lowest BCUT2D eigenvalue weighted by Gasteiger charge is -2.17. The van der Waals surface area contributed by atoms with Crippen LogP contribution in [0.2, 0.25) is 0 Å². The first-order valence-corrected chi connectivity index (χ1v) is 6.90. The number of carbonyl (C=O) groups excluding carboxylic acids is 2. The second-order valence-corrected chi connectivity index (χ2v) is 5.15. The van der Waals surface area contributed by atoms with E-state index in [1.54, 1.807) is 7.05 Å². The second-order valence-electron chi connectivity index (χ2n) is 4.39. The molecule has 0 aliphatic carbocycles. The standard InChI is InChI=1S/C11H17N5O3S/c1-13-9(17)7-8(12)15-20-10(7)16-4-3-6(5-16)14-11(18)19-2/h6H,3-5H2,1-2H3,(H2,12,15)(H,13,17)(H,14,18). The summed E-state index contributed by atoms with van der Waals surface area (Å²) in [5.74, 6) is -0.0237. The van der Waals surface area contributed by atoms with E-state index in [1.165, 1.54) is 18.6 Å². The Hall–Kier alpha value is -2.03. The number of nitrogen functional groups attached to an aromatic ring is 1. The first-order chi connectivity index (χ1) is 9.56. The van der Waals surface area contributed by atoms with Gasteiger partial charge in [-0.15, -0.1) is 0 Å². The molecule has 0 bridgehead atoms. The molecule has 110 valence electrons. The summed E-state index contributed by atoms with van der Waals surface area (Å²) in [7, 11) is 2.88. The first kappa shape index (κ1) is 14.4. The minimum Gasteiger partial charge on any atom is -0.453 e. The van der Waals surface area contributed by atoms with E-state index in [-0.39, 0.29) is 17.8 Å². The van der Waals surface area contributed by atoms with E-state index < -0.39 is 6.09 Å². The van der Waals surface area contributed by atoms with E-state index in [4.69, 9.17) is 5.73 Å². The van der Waals surface area contributed by atoms with Crippen LogP contribution in [0.4, 0.5) is 15.6 Å². The number of nitrogens with zero attached hydrogens (tertiary/aromatic N) is 2. The maximum absolute atomic E-state index is 11.8. The molecule has 2 heterocycles. The molecule has 1 aliphatic rings. The van der Waals surface area contributed by atoms with Gasteiger partial charge in [0.05, 0.1) is 13.2 Å². The van der Waals surface area contributed by atoms with Crippen LogP contribution >= 0.6 is 11.5 Å². The molecule has 1 aromatic heterocycles. The lowest BCUT2D eigenvalue weighted by atomic mass is 10.2. The molecule has 1 aliphatic heterocycles. The molecule has 1 atom stereocenters. The van der Waals surface area contributed by atoms with Gasteiger partial charge in [0.25, 0.3) is 5.91 Å². The number of hydrogen-bond donors (Lipinski definition) is 3. The van der Waals surface area contributed by atoms with Crippen molar-refractivity contribution in [3.8, 4) is 0 Å². The van der Waals surface area contributed by atoms with Crippen molar-refractivity contribution in [2.75, 3.05) is 37.9 Å². The van der Waals surface area contributed by atoms with Gasteiger partial charge in [0.2, 0.25) is 0 Å². The van der Waals surface area contributed by atoms with E-state index in [0.29, 0.717) is 12.1 Å². The number of carbonyl (C=O) groups is 2. The monoisotopic (exact) mass is 299 g/mol. The fraction of sp³-hybridized carbons (Fsp3) is 0.545. The van der Waals surface area contributed by atoms with Gasteiger partial charge in [0, 0.05) is 20.1 Å². The fourth-order valence-corrected chi connectivity index (χ4v) is 2.98. The van der Waals surface area contributed by atoms with Gasteiger partial charge in [0.15, 0.2) is 5.82 Å². The van der Waals surface area contributed by atoms with Gasteiger partial charge in [-0.1, -0.05) is 0 Å². The number of rotatable bonds is 3. The van der Waals surface area contributed by atoms with Gasteiger partial charge < -0.3 is 26.0 Å². The SMILES string of the molecule is CNC(=O)c1c(N)nsc1N1CCC(NC(=O)OC)C1. The maximum atomic E-state index is 11.8. The van der Waals surface area contributed by atoms with Crippen LogP contribution in [0.1, 0.15) is 16.8 Å². The van der Waals surface area contributed by atoms with Crippen LogP contribution in [0.25, 0.3) is 0 Å². The minimum absolute atomic E-state index is 0.0108. The van der Waals surface area contributed by atoms with E-state index in [2.05, 4.69) is 19.7 Å². The summed E-state index contributed by atoms with van der Waals surface area (Å²) >= 11 is 1.19. The maximum Gasteiger partial charge on any atom is 0.407 e. The minimum atomic E-state index is -0.452. The van der Waals surface area contributed by atoms with Crippen molar-refractivity contribution in [3.05, 3.63) is 5.56 Å². The van der Waals surface area contributed by atoms with E-state index >= 15 is 0 Å². The lowest BCUT2D eigenvalue weighted by molar-refractivity contribution is 0.0964. The van der Waals surface area contributed by atoms with Gasteiger partial charge in [-0.3, -0.25) is 4.79 Å². The lowest BCUT2D eigenvalue weighted by Crippen LogP contribution is -2.37. The first-order valence-electron chi connectivity index (χ1n) is 6.13. The Balaban J connectivity index is 2.10. The summed E-state index contributed by atoms with van der Waals surface area (Å²) < 4.78 is 8.61. The zero-order chi connectivity index (χ0) is 14.7. The number of ether oxygens (including phenoxy) is 1. The predicted molar refractivity (Wildman–Crippen MR) is 76.1 cm³/mol. The molecule has 9 heteroatoms. The smallest absolute Gasteiger partial charge is 0.407 e. The number of hydrogen-bond acceptors (Lipinski definition) is 7. The largest absolute Gasteiger partial charge is 0.453 e. The third-order valence-corrected chi connectivity index (χ3v) is 4.06. The number of alkyl carbamates (subject to hydrolysis) is 1. The van der Waals surface area contributed by atoms with Gasteiger partial charge in [-0.25, -0.2) is 4.79 Å². The summed E-state index contributed by atoms with van der Waals surface area (Å²) in [6.07, 6.45) is 0.326. The summed E-state index contributed by atoms with van der Waals surface area (Å²) in [6.45, 7) is 1.32. The highest BCUT2D eigenvalue weighted by Gasteiger charge is 2.29. The molecule has 0 saturated carbocycles. The van der Waals surface area contributed by atoms with Crippen LogP contribution in [-0.2, 0) is 4.74 Å². The highest BCUT2D eigenvalue weighted by atomic mass is 32.1. The number of amides is 2. The summed E-state index contributed by atoms with van der Waals surface area (Å²) in [6, 6.07) is -0.0108. The molecular weight excluding hydrogens is 282 g/mol. The van der Waals surface area contributed by atoms with Crippen LogP contribution < -0.4 is 21.3 Å². The molecular formula is C11H17N5O3S. The third kappa shape index (κ3) is 2.77. The van der Waals surface area contributed by atoms with Crippen molar-refractivity contribution in [3.63, 3.8) is 0 Å². The number of methoxy groups -OCH3 is 1. The van der Waals surface area contributed by atoms with Crippen molar-refractivity contribution in [2.24, 2.45) is 0 Å². The molecule has 2 rings (SSSR count). The zero-order valence-electron chi connectivity index (χ0n) is 11.3. The zero-order valence-corrected chi connectivity index (χ0v) is 12.1. The van der Waals surface area contributed by atoms with Crippen LogP contribution in [0.3, 0.4) is 0 Å². The van der Waals surface area contributed by atoms with E-state index in [1.807, 2.05) is 4.90 Å². The van der Waals surface area contributed by atoms with Gasteiger partial charge in [0.1, 0.15) is 10.6 Å². The Morgan fingerprint density at radius 3 is 2.95 bits per heavy atom. The number of nitrogens with one attached hydrogen (secondary N) is 2. The fourth-order valence-electron chi connectivity index (χ4n) is 2.14. The quantitative estimate of drug-likeness (QED) is 0.726. The summed E-state index contributed by atoms with van der Waals surface area (Å²) in [4.78, 5) is 25.0. The van der Waals surface area contributed by atoms with Crippen molar-refractivity contribution in [1.29, 1.82) is 0 Å². The average Bonchev–Trinajstić information content (AvgIpc) is 3.04. The number of nitrogens with two attached hydrogens (primary N) is 1. The molecule has 1 unspecified atom stereocenters. The molecule has 0 aromatic carbocycles. The Labute approximate surface area is 120 Å². The molecule has 4 N–H and O–H groups in total. The van der Waals surface area contributed by atoms with Gasteiger partial charge >= 0.3 is 6.09 Å². The Kier molecular flexibility index (Phi) is 4.28. The average molecular weight is 299 g/mol. The summed E-state index contributed by atoms with van der Waals surface area (Å²) in [5.41, 5.74) is 6.14. The third-order valence-electron chi connectivity index (χ3n) is 3.14. The van der Waals surface area contributed by atoms with Gasteiger partial charge in [-0.2, -0.15) is 4.37 Å². The predicted octanol–water partition coefficient (Wildman–Crippen LogP) is 0.0196. The van der Waals surface area contributed by atoms with E-state index in [9.17, 15) is 9.59 Å². The molecule has 0 spiro atoms. The molecule has 0 radical (unpaired) electrons. The van der Waals surface area contributed by atoms with Crippen molar-refractivity contribution in [2.45, 2.75) is 12.5 Å². The highest BCUT2D eigenvalue weighted by Crippen LogP contribution is 2.32. The molecule has 1 fully saturated rings. The van der Waals surface area contributed by atoms with Crippen molar-refractivity contribution >= 4 is 34.4 Å². The Bertz CT molecular complexity index is 518. The Morgan fingerprint density at radius 1 is 1.55 bits per heavy atom. The number of aromatic nitrogens is 1. The molecule has 2 amide bonds. The molecule has 8 nitrogen and oxygen atoms in total. The molecule has 20 heavy (non-hydrogen) atoms. The second kappa shape index (κ2) is 5.95. The van der Waals surface area contributed by atoms with Gasteiger partial charge in [-0.05, 0) is 18.0 Å². The Morgan fingerprint density at radius 2 is 2.30 bits per heavy atom.